The second kappa shape index (κ2) is 7.37. The average molecular weight is 391 g/mol. The highest BCUT2D eigenvalue weighted by atomic mass is 16.5. The van der Waals surface area contributed by atoms with Crippen molar-refractivity contribution in [2.45, 2.75) is 70.3 Å². The monoisotopic (exact) mass is 391 g/mol. The molecule has 1 saturated heterocycles. The minimum Gasteiger partial charge on any atom is -0.455 e. The van der Waals surface area contributed by atoms with E-state index in [0.29, 0.717) is 37.0 Å². The zero-order valence-corrected chi connectivity index (χ0v) is 16.4. The second-order valence-electron chi connectivity index (χ2n) is 9.17. The van der Waals surface area contributed by atoms with Crippen molar-refractivity contribution in [3.8, 4) is 0 Å². The van der Waals surface area contributed by atoms with Crippen LogP contribution in [0.25, 0.3) is 0 Å². The third-order valence-electron chi connectivity index (χ3n) is 7.20. The van der Waals surface area contributed by atoms with Crippen LogP contribution in [0.2, 0.25) is 0 Å². The smallest absolute Gasteiger partial charge is 0.344 e. The lowest BCUT2D eigenvalue weighted by Gasteiger charge is -2.33. The van der Waals surface area contributed by atoms with Gasteiger partial charge in [0, 0.05) is 6.42 Å². The molecular formula is C20H29N3O5. The number of carbonyl (C=O) groups is 4. The molecule has 4 fully saturated rings. The van der Waals surface area contributed by atoms with Crippen molar-refractivity contribution in [1.82, 2.24) is 15.8 Å². The van der Waals surface area contributed by atoms with Gasteiger partial charge in [0.15, 0.2) is 6.61 Å². The Balaban J connectivity index is 1.24. The number of nitrogens with zero attached hydrogens (tertiary/aromatic N) is 1. The van der Waals surface area contributed by atoms with Crippen LogP contribution in [0.3, 0.4) is 0 Å². The van der Waals surface area contributed by atoms with Gasteiger partial charge in [-0.05, 0) is 68.6 Å². The number of carbonyl (C=O) groups excluding carboxylic acids is 4. The molecule has 4 rings (SSSR count). The molecule has 1 spiro atoms. The van der Waals surface area contributed by atoms with Gasteiger partial charge in [-0.1, -0.05) is 13.3 Å². The molecule has 0 aromatic rings. The third kappa shape index (κ3) is 3.61. The molecule has 1 aliphatic heterocycles. The van der Waals surface area contributed by atoms with E-state index in [-0.39, 0.29) is 5.97 Å². The molecule has 154 valence electrons. The first kappa shape index (κ1) is 19.2. The first-order valence-corrected chi connectivity index (χ1v) is 10.5. The van der Waals surface area contributed by atoms with Crippen LogP contribution in [0.15, 0.2) is 0 Å². The average Bonchev–Trinajstić information content (AvgIpc) is 3.33. The van der Waals surface area contributed by atoms with E-state index in [2.05, 4.69) is 17.7 Å². The van der Waals surface area contributed by atoms with Crippen LogP contribution < -0.4 is 10.7 Å². The summed E-state index contributed by atoms with van der Waals surface area (Å²) in [4.78, 5) is 49.1. The predicted molar refractivity (Wildman–Crippen MR) is 98.4 cm³/mol. The molecule has 2 bridgehead atoms. The van der Waals surface area contributed by atoms with Crippen LogP contribution in [-0.4, -0.2) is 41.0 Å². The van der Waals surface area contributed by atoms with Gasteiger partial charge in [-0.25, -0.2) is 4.79 Å². The molecule has 1 heterocycles. The van der Waals surface area contributed by atoms with Crippen LogP contribution in [0, 0.1) is 23.7 Å². The zero-order chi connectivity index (χ0) is 19.9. The number of esters is 1. The van der Waals surface area contributed by atoms with Crippen molar-refractivity contribution in [2.75, 3.05) is 6.61 Å². The fourth-order valence-corrected chi connectivity index (χ4v) is 5.52. The van der Waals surface area contributed by atoms with Crippen LogP contribution >= 0.6 is 0 Å². The normalized spacial score (nSPS) is 36.7. The van der Waals surface area contributed by atoms with Gasteiger partial charge in [-0.15, -0.1) is 0 Å². The van der Waals surface area contributed by atoms with Crippen LogP contribution in [0.4, 0.5) is 4.79 Å². The van der Waals surface area contributed by atoms with Gasteiger partial charge in [-0.2, -0.15) is 5.01 Å². The maximum absolute atomic E-state index is 12.7. The van der Waals surface area contributed by atoms with Crippen molar-refractivity contribution in [1.29, 1.82) is 0 Å². The summed E-state index contributed by atoms with van der Waals surface area (Å²) in [6.45, 7) is 1.64. The Labute approximate surface area is 164 Å². The van der Waals surface area contributed by atoms with Crippen LogP contribution in [-0.2, 0) is 19.1 Å². The number of hydrogen-bond donors (Lipinski definition) is 2. The quantitative estimate of drug-likeness (QED) is 0.550. The second-order valence-corrected chi connectivity index (χ2v) is 9.17. The Morgan fingerprint density at radius 3 is 2.57 bits per heavy atom. The summed E-state index contributed by atoms with van der Waals surface area (Å²) in [7, 11) is 0. The molecule has 8 heteroatoms. The highest BCUT2D eigenvalue weighted by Gasteiger charge is 2.53. The number of ether oxygens (including phenoxy) is 1. The summed E-state index contributed by atoms with van der Waals surface area (Å²) < 4.78 is 5.08. The predicted octanol–water partition coefficient (Wildman–Crippen LogP) is 1.89. The molecule has 4 amide bonds. The minimum absolute atomic E-state index is 0.346. The van der Waals surface area contributed by atoms with Gasteiger partial charge in [0.2, 0.25) is 0 Å². The molecule has 0 unspecified atom stereocenters. The van der Waals surface area contributed by atoms with Crippen molar-refractivity contribution in [3.63, 3.8) is 0 Å². The summed E-state index contributed by atoms with van der Waals surface area (Å²) >= 11 is 0. The Kier molecular flexibility index (Phi) is 5.05. The Bertz CT molecular complexity index is 685. The van der Waals surface area contributed by atoms with Crippen molar-refractivity contribution in [3.05, 3.63) is 0 Å². The van der Waals surface area contributed by atoms with Gasteiger partial charge in [0.05, 0.1) is 0 Å². The van der Waals surface area contributed by atoms with E-state index >= 15 is 0 Å². The zero-order valence-electron chi connectivity index (χ0n) is 16.4. The number of imide groups is 1. The van der Waals surface area contributed by atoms with E-state index in [1.807, 2.05) is 0 Å². The summed E-state index contributed by atoms with van der Waals surface area (Å²) in [6.07, 6.45) is 7.95. The third-order valence-corrected chi connectivity index (χ3v) is 7.20. The summed E-state index contributed by atoms with van der Waals surface area (Å²) in [5.41, 5.74) is 1.39. The number of hydrazine groups is 1. The molecule has 8 nitrogen and oxygen atoms in total. The number of fused-ring (bicyclic) bond motifs is 2. The standard InChI is InChI=1S/C20H29N3O5/c1-12-4-6-20(7-5-12)18(26)23(19(27)21-20)22-16(24)11-28-17(25)10-15-9-13-2-3-14(15)8-13/h12-15H,2-11H2,1H3,(H,21,27)(H,22,24)/t12?,13-,14+,15+,20?/m1/s1. The van der Waals surface area contributed by atoms with Crippen molar-refractivity contribution in [2.24, 2.45) is 23.7 Å². The molecule has 0 aromatic heterocycles. The van der Waals surface area contributed by atoms with E-state index < -0.39 is 30.0 Å². The first-order valence-electron chi connectivity index (χ1n) is 10.5. The Hall–Kier alpha value is -2.12. The highest BCUT2D eigenvalue weighted by molar-refractivity contribution is 6.08. The minimum atomic E-state index is -0.907. The number of amides is 4. The Morgan fingerprint density at radius 1 is 1.18 bits per heavy atom. The molecule has 4 aliphatic rings. The van der Waals surface area contributed by atoms with Gasteiger partial charge in [-0.3, -0.25) is 19.8 Å². The lowest BCUT2D eigenvalue weighted by Crippen LogP contribution is -2.52. The largest absolute Gasteiger partial charge is 0.455 e. The number of hydrogen-bond acceptors (Lipinski definition) is 5. The molecule has 0 radical (unpaired) electrons. The van der Waals surface area contributed by atoms with Gasteiger partial charge in [0.1, 0.15) is 5.54 Å². The maximum Gasteiger partial charge on any atom is 0.344 e. The topological polar surface area (TPSA) is 105 Å². The van der Waals surface area contributed by atoms with Crippen molar-refractivity contribution < 1.29 is 23.9 Å². The summed E-state index contributed by atoms with van der Waals surface area (Å²) in [5.74, 6) is 0.773. The van der Waals surface area contributed by atoms with Crippen molar-refractivity contribution >= 4 is 23.8 Å². The molecule has 3 saturated carbocycles. The lowest BCUT2D eigenvalue weighted by atomic mass is 9.77. The van der Waals surface area contributed by atoms with Crippen LogP contribution in [0.5, 0.6) is 0 Å². The van der Waals surface area contributed by atoms with E-state index in [0.717, 1.165) is 30.2 Å². The van der Waals surface area contributed by atoms with Gasteiger partial charge >= 0.3 is 12.0 Å². The fraction of sp³-hybridized carbons (Fsp3) is 0.800. The molecule has 3 aliphatic carbocycles. The van der Waals surface area contributed by atoms with Gasteiger partial charge in [0.25, 0.3) is 11.8 Å². The highest BCUT2D eigenvalue weighted by Crippen LogP contribution is 2.49. The van der Waals surface area contributed by atoms with E-state index in [4.69, 9.17) is 4.74 Å². The fourth-order valence-electron chi connectivity index (χ4n) is 5.52. The maximum atomic E-state index is 12.7. The van der Waals surface area contributed by atoms with Crippen LogP contribution in [0.1, 0.15) is 64.7 Å². The number of urea groups is 1. The van der Waals surface area contributed by atoms with Gasteiger partial charge < -0.3 is 10.1 Å². The van der Waals surface area contributed by atoms with E-state index in [1.165, 1.54) is 19.3 Å². The molecule has 2 N–H and O–H groups in total. The summed E-state index contributed by atoms with van der Waals surface area (Å²) in [6, 6.07) is -0.624. The molecule has 28 heavy (non-hydrogen) atoms. The molecular weight excluding hydrogens is 362 g/mol. The molecule has 3 atom stereocenters. The SMILES string of the molecule is CC1CCC2(CC1)NC(=O)N(NC(=O)COC(=O)C[C@@H]1C[C@@H]3CC[C@H]1C3)C2=O. The van der Waals surface area contributed by atoms with E-state index in [1.54, 1.807) is 0 Å². The Morgan fingerprint density at radius 2 is 1.93 bits per heavy atom. The summed E-state index contributed by atoms with van der Waals surface area (Å²) in [5, 5.41) is 3.48. The first-order chi connectivity index (χ1) is 13.4. The van der Waals surface area contributed by atoms with E-state index in [9.17, 15) is 19.2 Å². The molecule has 0 aromatic carbocycles. The lowest BCUT2D eigenvalue weighted by molar-refractivity contribution is -0.151. The number of rotatable bonds is 5. The number of nitrogens with one attached hydrogen (secondary N) is 2.